The van der Waals surface area contributed by atoms with Gasteiger partial charge in [-0.15, -0.1) is 0 Å². The normalized spacial score (nSPS) is 10.7. The molecule has 0 saturated heterocycles. The third-order valence-electron chi connectivity index (χ3n) is 2.82. The average Bonchev–Trinajstić information content (AvgIpc) is 2.74. The summed E-state index contributed by atoms with van der Waals surface area (Å²) in [6, 6.07) is 3.87. The van der Waals surface area contributed by atoms with Gasteiger partial charge in [0.2, 0.25) is 5.95 Å². The van der Waals surface area contributed by atoms with E-state index in [4.69, 9.17) is 10.2 Å². The molecule has 0 aliphatic heterocycles. The number of rotatable bonds is 4. The van der Waals surface area contributed by atoms with Gasteiger partial charge in [-0.1, -0.05) is 0 Å². The molecule has 0 radical (unpaired) electrons. The van der Waals surface area contributed by atoms with Crippen molar-refractivity contribution in [3.05, 3.63) is 41.1 Å². The molecule has 0 aliphatic carbocycles. The van der Waals surface area contributed by atoms with Crippen LogP contribution >= 0.6 is 0 Å². The highest BCUT2D eigenvalue weighted by atomic mass is 16.3. The van der Waals surface area contributed by atoms with Gasteiger partial charge >= 0.3 is 0 Å². The van der Waals surface area contributed by atoms with Crippen molar-refractivity contribution < 1.29 is 4.42 Å². The lowest BCUT2D eigenvalue weighted by molar-refractivity contribution is 0.529. The highest BCUT2D eigenvalue weighted by molar-refractivity contribution is 5.33. The largest absolute Gasteiger partial charge is 0.469 e. The summed E-state index contributed by atoms with van der Waals surface area (Å²) in [5, 5.41) is 0. The Hall–Kier alpha value is -1.88. The van der Waals surface area contributed by atoms with E-state index in [1.165, 1.54) is 0 Å². The van der Waals surface area contributed by atoms with Crippen molar-refractivity contribution in [1.82, 2.24) is 9.97 Å². The summed E-state index contributed by atoms with van der Waals surface area (Å²) in [4.78, 5) is 10.8. The molecular weight excluding hydrogens is 228 g/mol. The third-order valence-corrected chi connectivity index (χ3v) is 2.82. The summed E-state index contributed by atoms with van der Waals surface area (Å²) in [7, 11) is 1.96. The van der Waals surface area contributed by atoms with Crippen LogP contribution in [-0.2, 0) is 13.1 Å². The number of aromatic nitrogens is 2. The molecule has 0 amide bonds. The van der Waals surface area contributed by atoms with Crippen LogP contribution in [0.4, 0.5) is 5.95 Å². The van der Waals surface area contributed by atoms with E-state index >= 15 is 0 Å². The van der Waals surface area contributed by atoms with E-state index in [0.717, 1.165) is 29.3 Å². The Labute approximate surface area is 107 Å². The fourth-order valence-corrected chi connectivity index (χ4v) is 1.79. The fraction of sp³-hybridized carbons (Fsp3) is 0.385. The van der Waals surface area contributed by atoms with Crippen molar-refractivity contribution in [2.75, 3.05) is 11.9 Å². The standard InChI is InChI=1S/C13H18N4O/c1-9-6-12(7-14)16-13(15-9)17(3)8-11-4-5-18-10(11)2/h4-6H,7-8,14H2,1-3H3. The van der Waals surface area contributed by atoms with E-state index in [1.807, 2.05) is 37.9 Å². The molecule has 0 fully saturated rings. The van der Waals surface area contributed by atoms with Crippen LogP contribution in [0.3, 0.4) is 0 Å². The van der Waals surface area contributed by atoms with Crippen LogP contribution in [0.5, 0.6) is 0 Å². The van der Waals surface area contributed by atoms with Gasteiger partial charge in [0.1, 0.15) is 5.76 Å². The first-order chi connectivity index (χ1) is 8.60. The Kier molecular flexibility index (Phi) is 3.62. The Morgan fingerprint density at radius 1 is 1.33 bits per heavy atom. The van der Waals surface area contributed by atoms with E-state index in [-0.39, 0.29) is 0 Å². The summed E-state index contributed by atoms with van der Waals surface area (Å²) in [6.45, 7) is 5.04. The second-order valence-corrected chi connectivity index (χ2v) is 4.36. The monoisotopic (exact) mass is 246 g/mol. The smallest absolute Gasteiger partial charge is 0.225 e. The predicted molar refractivity (Wildman–Crippen MR) is 70.2 cm³/mol. The molecule has 18 heavy (non-hydrogen) atoms. The van der Waals surface area contributed by atoms with Gasteiger partial charge in [-0.2, -0.15) is 0 Å². The number of hydrogen-bond donors (Lipinski definition) is 1. The zero-order valence-corrected chi connectivity index (χ0v) is 11.0. The number of aryl methyl sites for hydroxylation is 2. The number of hydrogen-bond acceptors (Lipinski definition) is 5. The van der Waals surface area contributed by atoms with Crippen LogP contribution < -0.4 is 10.6 Å². The quantitative estimate of drug-likeness (QED) is 0.890. The predicted octanol–water partition coefficient (Wildman–Crippen LogP) is 1.78. The first kappa shape index (κ1) is 12.6. The summed E-state index contributed by atoms with van der Waals surface area (Å²) >= 11 is 0. The van der Waals surface area contributed by atoms with Crippen LogP contribution in [-0.4, -0.2) is 17.0 Å². The molecule has 0 spiro atoms. The van der Waals surface area contributed by atoms with Crippen LogP contribution in [0.2, 0.25) is 0 Å². The van der Waals surface area contributed by atoms with Gasteiger partial charge in [0.25, 0.3) is 0 Å². The number of nitrogens with two attached hydrogens (primary N) is 1. The molecule has 0 bridgehead atoms. The van der Waals surface area contributed by atoms with Crippen molar-refractivity contribution >= 4 is 5.95 Å². The van der Waals surface area contributed by atoms with Crippen LogP contribution in [0.1, 0.15) is 22.7 Å². The zero-order valence-electron chi connectivity index (χ0n) is 11.0. The Morgan fingerprint density at radius 2 is 2.11 bits per heavy atom. The molecule has 2 aromatic heterocycles. The second kappa shape index (κ2) is 5.18. The van der Waals surface area contributed by atoms with Gasteiger partial charge in [0, 0.05) is 31.4 Å². The lowest BCUT2D eigenvalue weighted by Gasteiger charge is -2.17. The number of furan rings is 1. The molecule has 5 nitrogen and oxygen atoms in total. The molecule has 5 heteroatoms. The summed E-state index contributed by atoms with van der Waals surface area (Å²) in [6.07, 6.45) is 1.70. The van der Waals surface area contributed by atoms with E-state index < -0.39 is 0 Å². The van der Waals surface area contributed by atoms with Gasteiger partial charge in [-0.05, 0) is 26.0 Å². The molecule has 96 valence electrons. The second-order valence-electron chi connectivity index (χ2n) is 4.36. The van der Waals surface area contributed by atoms with E-state index in [9.17, 15) is 0 Å². The maximum atomic E-state index is 5.62. The van der Waals surface area contributed by atoms with Crippen LogP contribution in [0, 0.1) is 13.8 Å². The number of nitrogens with zero attached hydrogens (tertiary/aromatic N) is 3. The third kappa shape index (κ3) is 2.68. The van der Waals surface area contributed by atoms with Gasteiger partial charge < -0.3 is 15.1 Å². The molecular formula is C13H18N4O. The van der Waals surface area contributed by atoms with Crippen molar-refractivity contribution in [3.63, 3.8) is 0 Å². The van der Waals surface area contributed by atoms with Gasteiger partial charge in [-0.3, -0.25) is 0 Å². The lowest BCUT2D eigenvalue weighted by Crippen LogP contribution is -2.20. The fourth-order valence-electron chi connectivity index (χ4n) is 1.79. The molecule has 2 rings (SSSR count). The summed E-state index contributed by atoms with van der Waals surface area (Å²) in [5.41, 5.74) is 8.54. The van der Waals surface area contributed by atoms with Crippen molar-refractivity contribution in [2.45, 2.75) is 26.9 Å². The van der Waals surface area contributed by atoms with E-state index in [0.29, 0.717) is 12.5 Å². The Balaban J connectivity index is 2.20. The molecule has 0 unspecified atom stereocenters. The van der Waals surface area contributed by atoms with E-state index in [2.05, 4.69) is 9.97 Å². The lowest BCUT2D eigenvalue weighted by atomic mass is 10.2. The SMILES string of the molecule is Cc1cc(CN)nc(N(C)Cc2ccoc2C)n1. The van der Waals surface area contributed by atoms with Gasteiger partial charge in [0.05, 0.1) is 12.0 Å². The van der Waals surface area contributed by atoms with Gasteiger partial charge in [-0.25, -0.2) is 9.97 Å². The molecule has 0 atom stereocenters. The summed E-state index contributed by atoms with van der Waals surface area (Å²) < 4.78 is 5.28. The maximum absolute atomic E-state index is 5.62. The highest BCUT2D eigenvalue weighted by Crippen LogP contribution is 2.15. The average molecular weight is 246 g/mol. The summed E-state index contributed by atoms with van der Waals surface area (Å²) in [5.74, 6) is 1.62. The minimum absolute atomic E-state index is 0.426. The molecule has 2 heterocycles. The molecule has 2 aromatic rings. The minimum atomic E-state index is 0.426. The van der Waals surface area contributed by atoms with Crippen molar-refractivity contribution in [2.24, 2.45) is 5.73 Å². The van der Waals surface area contributed by atoms with Crippen LogP contribution in [0.25, 0.3) is 0 Å². The Bertz CT molecular complexity index is 536. The molecule has 0 saturated carbocycles. The first-order valence-electron chi connectivity index (χ1n) is 5.89. The van der Waals surface area contributed by atoms with Crippen LogP contribution in [0.15, 0.2) is 22.8 Å². The molecule has 0 aromatic carbocycles. The molecule has 0 aliphatic rings. The van der Waals surface area contributed by atoms with Crippen molar-refractivity contribution in [1.29, 1.82) is 0 Å². The highest BCUT2D eigenvalue weighted by Gasteiger charge is 2.10. The topological polar surface area (TPSA) is 68.2 Å². The minimum Gasteiger partial charge on any atom is -0.469 e. The van der Waals surface area contributed by atoms with E-state index in [1.54, 1.807) is 6.26 Å². The Morgan fingerprint density at radius 3 is 2.72 bits per heavy atom. The number of anilines is 1. The maximum Gasteiger partial charge on any atom is 0.225 e. The van der Waals surface area contributed by atoms with Crippen molar-refractivity contribution in [3.8, 4) is 0 Å². The first-order valence-corrected chi connectivity index (χ1v) is 5.89. The molecule has 2 N–H and O–H groups in total. The van der Waals surface area contributed by atoms with Gasteiger partial charge in [0.15, 0.2) is 0 Å². The zero-order chi connectivity index (χ0) is 13.1.